The van der Waals surface area contributed by atoms with Crippen LogP contribution in [0.25, 0.3) is 10.8 Å². The van der Waals surface area contributed by atoms with E-state index in [0.29, 0.717) is 0 Å². The standard InChI is InChI=1S/C14H14O3.CH2O2/c1-9(14(15)16)10-3-4-12-8-13(17-2)6-5-11(12)7-10;2-1-3/h3-9H,1-2H3,(H,15,16);1H,(H,2,3). The fourth-order valence-corrected chi connectivity index (χ4v) is 1.78. The number of carboxylic acids is 1. The third-order valence-electron chi connectivity index (χ3n) is 2.94. The Morgan fingerprint density at radius 2 is 1.75 bits per heavy atom. The minimum atomic E-state index is -0.808. The second-order valence-corrected chi connectivity index (χ2v) is 4.14. The average Bonchev–Trinajstić information content (AvgIpc) is 2.46. The Morgan fingerprint density at radius 1 is 1.20 bits per heavy atom. The molecule has 0 saturated heterocycles. The molecule has 2 N–H and O–H groups in total. The molecule has 0 aliphatic rings. The molecule has 1 unspecified atom stereocenters. The van der Waals surface area contributed by atoms with Crippen molar-refractivity contribution < 1.29 is 24.5 Å². The molecule has 0 radical (unpaired) electrons. The van der Waals surface area contributed by atoms with E-state index in [9.17, 15) is 4.79 Å². The maximum atomic E-state index is 10.9. The van der Waals surface area contributed by atoms with Crippen LogP contribution in [-0.4, -0.2) is 29.8 Å². The Hall–Kier alpha value is -2.56. The third-order valence-corrected chi connectivity index (χ3v) is 2.94. The van der Waals surface area contributed by atoms with Gasteiger partial charge in [0.15, 0.2) is 0 Å². The van der Waals surface area contributed by atoms with Crippen molar-refractivity contribution >= 4 is 23.2 Å². The van der Waals surface area contributed by atoms with Crippen LogP contribution in [0.3, 0.4) is 0 Å². The molecule has 0 amide bonds. The van der Waals surface area contributed by atoms with Crippen LogP contribution in [0, 0.1) is 0 Å². The van der Waals surface area contributed by atoms with Gasteiger partial charge in [0, 0.05) is 0 Å². The number of aliphatic carboxylic acids is 1. The molecule has 2 rings (SSSR count). The number of carboxylic acid groups (broad SMARTS) is 2. The Balaban J connectivity index is 0.000000612. The molecule has 0 aliphatic heterocycles. The summed E-state index contributed by atoms with van der Waals surface area (Å²) in [7, 11) is 1.63. The Labute approximate surface area is 116 Å². The van der Waals surface area contributed by atoms with Gasteiger partial charge in [-0.1, -0.05) is 24.3 Å². The van der Waals surface area contributed by atoms with E-state index in [2.05, 4.69) is 0 Å². The van der Waals surface area contributed by atoms with E-state index in [0.717, 1.165) is 22.1 Å². The van der Waals surface area contributed by atoms with Gasteiger partial charge in [0.2, 0.25) is 0 Å². The summed E-state index contributed by atoms with van der Waals surface area (Å²) >= 11 is 0. The van der Waals surface area contributed by atoms with Gasteiger partial charge in [0.05, 0.1) is 13.0 Å². The second-order valence-electron chi connectivity index (χ2n) is 4.14. The lowest BCUT2D eigenvalue weighted by atomic mass is 9.98. The summed E-state index contributed by atoms with van der Waals surface area (Å²) in [5.74, 6) is -0.490. The maximum absolute atomic E-state index is 10.9. The van der Waals surface area contributed by atoms with Crippen LogP contribution in [0.5, 0.6) is 5.75 Å². The van der Waals surface area contributed by atoms with Gasteiger partial charge in [0.25, 0.3) is 6.47 Å². The SMILES string of the molecule is COc1ccc2cc(C(C)C(=O)O)ccc2c1.O=CO. The zero-order valence-corrected chi connectivity index (χ0v) is 11.2. The van der Waals surface area contributed by atoms with Crippen molar-refractivity contribution in [1.82, 2.24) is 0 Å². The van der Waals surface area contributed by atoms with E-state index in [4.69, 9.17) is 19.7 Å². The largest absolute Gasteiger partial charge is 0.497 e. The van der Waals surface area contributed by atoms with Crippen LogP contribution in [0.1, 0.15) is 18.4 Å². The molecular formula is C15H16O5. The summed E-state index contributed by atoms with van der Waals surface area (Å²) in [6.45, 7) is 1.44. The maximum Gasteiger partial charge on any atom is 0.310 e. The smallest absolute Gasteiger partial charge is 0.310 e. The normalized spacial score (nSPS) is 11.1. The Kier molecular flexibility index (Phi) is 5.53. The van der Waals surface area contributed by atoms with Crippen molar-refractivity contribution in [3.8, 4) is 5.75 Å². The van der Waals surface area contributed by atoms with Gasteiger partial charge >= 0.3 is 5.97 Å². The lowest BCUT2D eigenvalue weighted by molar-refractivity contribution is -0.138. The topological polar surface area (TPSA) is 83.8 Å². The fraction of sp³-hybridized carbons (Fsp3) is 0.200. The lowest BCUT2D eigenvalue weighted by Gasteiger charge is -2.08. The van der Waals surface area contributed by atoms with E-state index in [1.807, 2.05) is 36.4 Å². The fourth-order valence-electron chi connectivity index (χ4n) is 1.78. The van der Waals surface area contributed by atoms with Crippen molar-refractivity contribution in [2.75, 3.05) is 7.11 Å². The molecular weight excluding hydrogens is 260 g/mol. The highest BCUT2D eigenvalue weighted by atomic mass is 16.5. The number of methoxy groups -OCH3 is 1. The summed E-state index contributed by atoms with van der Waals surface area (Å²) < 4.78 is 5.14. The molecule has 5 heteroatoms. The summed E-state index contributed by atoms with van der Waals surface area (Å²) in [6.07, 6.45) is 0. The molecule has 106 valence electrons. The third kappa shape index (κ3) is 3.71. The summed E-state index contributed by atoms with van der Waals surface area (Å²) in [5, 5.41) is 17.9. The van der Waals surface area contributed by atoms with Crippen molar-refractivity contribution in [1.29, 1.82) is 0 Å². The van der Waals surface area contributed by atoms with E-state index in [1.165, 1.54) is 0 Å². The van der Waals surface area contributed by atoms with E-state index in [1.54, 1.807) is 14.0 Å². The molecule has 0 aromatic heterocycles. The zero-order valence-electron chi connectivity index (χ0n) is 11.2. The number of hydrogen-bond acceptors (Lipinski definition) is 3. The van der Waals surface area contributed by atoms with E-state index in [-0.39, 0.29) is 6.47 Å². The van der Waals surface area contributed by atoms with Crippen LogP contribution < -0.4 is 4.74 Å². The number of hydrogen-bond donors (Lipinski definition) is 2. The van der Waals surface area contributed by atoms with Gasteiger partial charge < -0.3 is 14.9 Å². The highest BCUT2D eigenvalue weighted by Crippen LogP contribution is 2.25. The molecule has 0 fully saturated rings. The molecule has 5 nitrogen and oxygen atoms in total. The van der Waals surface area contributed by atoms with Crippen LogP contribution in [0.4, 0.5) is 0 Å². The molecule has 2 aromatic rings. The molecule has 0 heterocycles. The highest BCUT2D eigenvalue weighted by molar-refractivity contribution is 5.86. The van der Waals surface area contributed by atoms with Crippen LogP contribution in [-0.2, 0) is 9.59 Å². The second kappa shape index (κ2) is 7.13. The Bertz CT molecular complexity index is 606. The van der Waals surface area contributed by atoms with E-state index >= 15 is 0 Å². The lowest BCUT2D eigenvalue weighted by Crippen LogP contribution is -2.06. The molecule has 1 atom stereocenters. The summed E-state index contributed by atoms with van der Waals surface area (Å²) in [4.78, 5) is 19.3. The predicted octanol–water partition coefficient (Wildman–Crippen LogP) is 2.74. The van der Waals surface area contributed by atoms with Crippen molar-refractivity contribution in [2.24, 2.45) is 0 Å². The molecule has 0 spiro atoms. The monoisotopic (exact) mass is 276 g/mol. The minimum Gasteiger partial charge on any atom is -0.497 e. The summed E-state index contributed by atoms with van der Waals surface area (Å²) in [6, 6.07) is 11.4. The van der Waals surface area contributed by atoms with Gasteiger partial charge in [-0.25, -0.2) is 0 Å². The molecule has 0 aliphatic carbocycles. The van der Waals surface area contributed by atoms with Crippen molar-refractivity contribution in [2.45, 2.75) is 12.8 Å². The number of ether oxygens (including phenoxy) is 1. The molecule has 0 bridgehead atoms. The van der Waals surface area contributed by atoms with Gasteiger partial charge in [-0.15, -0.1) is 0 Å². The van der Waals surface area contributed by atoms with Gasteiger partial charge in [-0.3, -0.25) is 9.59 Å². The first-order valence-corrected chi connectivity index (χ1v) is 5.91. The van der Waals surface area contributed by atoms with Crippen LogP contribution in [0.15, 0.2) is 36.4 Å². The Morgan fingerprint density at radius 3 is 2.30 bits per heavy atom. The van der Waals surface area contributed by atoms with E-state index < -0.39 is 11.9 Å². The average molecular weight is 276 g/mol. The first kappa shape index (κ1) is 15.5. The number of benzene rings is 2. The van der Waals surface area contributed by atoms with Gasteiger partial charge in [-0.2, -0.15) is 0 Å². The molecule has 20 heavy (non-hydrogen) atoms. The minimum absolute atomic E-state index is 0.250. The molecule has 2 aromatic carbocycles. The first-order chi connectivity index (χ1) is 9.53. The van der Waals surface area contributed by atoms with Crippen LogP contribution in [0.2, 0.25) is 0 Å². The van der Waals surface area contributed by atoms with Crippen molar-refractivity contribution in [3.63, 3.8) is 0 Å². The zero-order chi connectivity index (χ0) is 15.1. The predicted molar refractivity (Wildman–Crippen MR) is 75.2 cm³/mol. The molecule has 0 saturated carbocycles. The van der Waals surface area contributed by atoms with Crippen molar-refractivity contribution in [3.05, 3.63) is 42.0 Å². The first-order valence-electron chi connectivity index (χ1n) is 5.91. The van der Waals surface area contributed by atoms with Gasteiger partial charge in [0.1, 0.15) is 5.75 Å². The summed E-state index contributed by atoms with van der Waals surface area (Å²) in [5.41, 5.74) is 0.815. The quantitative estimate of drug-likeness (QED) is 0.842. The number of carbonyl (C=O) groups is 2. The van der Waals surface area contributed by atoms with Gasteiger partial charge in [-0.05, 0) is 35.4 Å². The highest BCUT2D eigenvalue weighted by Gasteiger charge is 2.13. The van der Waals surface area contributed by atoms with Crippen LogP contribution >= 0.6 is 0 Å². The number of fused-ring (bicyclic) bond motifs is 1. The number of rotatable bonds is 3.